The molecular formula is C20H20Cl2F2IN3O4. The standard InChI is InChI=1S/C20H20Cl2F2IN3O4/c21-14-7-11(25)1-2-16(14)26-19-13(8-15(22)17(23)18(19)24)20(30)27-32-10-12(29)9-28-3-5-31-6-4-28/h1-2,7-8,12,26,29H,3-6,9-10H2,(H,27,30). The van der Waals surface area contributed by atoms with Crippen molar-refractivity contribution in [2.75, 3.05) is 44.8 Å². The van der Waals surface area contributed by atoms with Crippen molar-refractivity contribution in [1.29, 1.82) is 0 Å². The van der Waals surface area contributed by atoms with Crippen molar-refractivity contribution in [1.82, 2.24) is 10.4 Å². The van der Waals surface area contributed by atoms with Gasteiger partial charge in [-0.15, -0.1) is 0 Å². The number of hydrogen-bond acceptors (Lipinski definition) is 6. The van der Waals surface area contributed by atoms with Gasteiger partial charge in [0.1, 0.15) is 6.61 Å². The van der Waals surface area contributed by atoms with Crippen molar-refractivity contribution < 1.29 is 28.3 Å². The van der Waals surface area contributed by atoms with E-state index >= 15 is 0 Å². The Bertz CT molecular complexity index is 980. The van der Waals surface area contributed by atoms with E-state index in [1.54, 1.807) is 18.2 Å². The number of amides is 1. The average Bonchev–Trinajstić information content (AvgIpc) is 2.76. The van der Waals surface area contributed by atoms with E-state index in [1.165, 1.54) is 0 Å². The van der Waals surface area contributed by atoms with Crippen LogP contribution in [0, 0.1) is 15.2 Å². The number of carbonyl (C=O) groups is 1. The van der Waals surface area contributed by atoms with Gasteiger partial charge in [-0.05, 0) is 46.9 Å². The average molecular weight is 602 g/mol. The fourth-order valence-electron chi connectivity index (χ4n) is 3.01. The summed E-state index contributed by atoms with van der Waals surface area (Å²) in [7, 11) is 0. The Morgan fingerprint density at radius 1 is 1.22 bits per heavy atom. The van der Waals surface area contributed by atoms with Crippen molar-refractivity contribution in [2.24, 2.45) is 0 Å². The van der Waals surface area contributed by atoms with Crippen LogP contribution in [-0.2, 0) is 9.57 Å². The van der Waals surface area contributed by atoms with Crippen LogP contribution in [0.1, 0.15) is 10.4 Å². The second-order valence-electron chi connectivity index (χ2n) is 6.97. The van der Waals surface area contributed by atoms with Crippen molar-refractivity contribution in [3.63, 3.8) is 0 Å². The third-order valence-corrected chi connectivity index (χ3v) is 5.87. The molecule has 1 amide bonds. The lowest BCUT2D eigenvalue weighted by Crippen LogP contribution is -2.42. The number of benzene rings is 2. The van der Waals surface area contributed by atoms with Crippen LogP contribution in [0.2, 0.25) is 10.0 Å². The number of aliphatic hydroxyl groups is 1. The molecule has 0 bridgehead atoms. The highest BCUT2D eigenvalue weighted by Crippen LogP contribution is 2.34. The van der Waals surface area contributed by atoms with Crippen LogP contribution >= 0.6 is 45.8 Å². The molecule has 1 unspecified atom stereocenters. The summed E-state index contributed by atoms with van der Waals surface area (Å²) < 4.78 is 34.8. The Morgan fingerprint density at radius 2 is 1.94 bits per heavy atom. The summed E-state index contributed by atoms with van der Waals surface area (Å²) in [5.74, 6) is -3.53. The van der Waals surface area contributed by atoms with E-state index < -0.39 is 34.4 Å². The first-order valence-corrected chi connectivity index (χ1v) is 11.4. The topological polar surface area (TPSA) is 83.1 Å². The zero-order valence-electron chi connectivity index (χ0n) is 16.6. The molecule has 174 valence electrons. The largest absolute Gasteiger partial charge is 0.389 e. The highest BCUT2D eigenvalue weighted by atomic mass is 127. The highest BCUT2D eigenvalue weighted by molar-refractivity contribution is 14.1. The van der Waals surface area contributed by atoms with Gasteiger partial charge >= 0.3 is 0 Å². The molecule has 1 fully saturated rings. The maximum absolute atomic E-state index is 14.6. The Labute approximate surface area is 207 Å². The summed E-state index contributed by atoms with van der Waals surface area (Å²) in [6.45, 7) is 2.68. The fraction of sp³-hybridized carbons (Fsp3) is 0.350. The molecule has 0 radical (unpaired) electrons. The normalized spacial score (nSPS) is 15.4. The van der Waals surface area contributed by atoms with Gasteiger partial charge in [-0.25, -0.2) is 14.3 Å². The van der Waals surface area contributed by atoms with Gasteiger partial charge in [-0.3, -0.25) is 14.5 Å². The van der Waals surface area contributed by atoms with E-state index in [9.17, 15) is 18.7 Å². The molecule has 3 N–H and O–H groups in total. The number of nitrogens with one attached hydrogen (secondary N) is 2. The highest BCUT2D eigenvalue weighted by Gasteiger charge is 2.23. The minimum absolute atomic E-state index is 0.202. The predicted molar refractivity (Wildman–Crippen MR) is 126 cm³/mol. The molecule has 2 aromatic carbocycles. The molecule has 2 aromatic rings. The van der Waals surface area contributed by atoms with Crippen molar-refractivity contribution in [3.05, 3.63) is 55.1 Å². The van der Waals surface area contributed by atoms with Crippen LogP contribution in [0.25, 0.3) is 0 Å². The van der Waals surface area contributed by atoms with E-state index in [-0.39, 0.29) is 22.9 Å². The Morgan fingerprint density at radius 3 is 2.62 bits per heavy atom. The van der Waals surface area contributed by atoms with E-state index in [0.717, 1.165) is 9.64 Å². The van der Waals surface area contributed by atoms with E-state index in [1.807, 2.05) is 4.90 Å². The van der Waals surface area contributed by atoms with Gasteiger partial charge in [0.2, 0.25) is 0 Å². The number of morpholine rings is 1. The number of ether oxygens (including phenoxy) is 1. The molecule has 3 rings (SSSR count). The molecular weight excluding hydrogens is 582 g/mol. The first-order chi connectivity index (χ1) is 15.3. The molecule has 1 atom stereocenters. The van der Waals surface area contributed by atoms with Gasteiger partial charge < -0.3 is 15.2 Å². The van der Waals surface area contributed by atoms with Gasteiger partial charge in [0.05, 0.1) is 46.3 Å². The van der Waals surface area contributed by atoms with Crippen LogP contribution in [0.3, 0.4) is 0 Å². The molecule has 32 heavy (non-hydrogen) atoms. The first kappa shape index (κ1) is 25.3. The summed E-state index contributed by atoms with van der Waals surface area (Å²) in [5.41, 5.74) is 1.64. The third-order valence-electron chi connectivity index (χ3n) is 4.61. The molecule has 0 saturated carbocycles. The molecule has 12 heteroatoms. The number of hydrogen-bond donors (Lipinski definition) is 3. The van der Waals surface area contributed by atoms with Crippen molar-refractivity contribution in [2.45, 2.75) is 6.10 Å². The molecule has 1 saturated heterocycles. The number of anilines is 2. The van der Waals surface area contributed by atoms with Crippen LogP contribution in [0.15, 0.2) is 24.3 Å². The molecule has 0 aliphatic carbocycles. The number of β-amino-alcohol motifs (C(OH)–C–C–N with tert-alkyl or cyclic N) is 1. The van der Waals surface area contributed by atoms with Crippen molar-refractivity contribution >= 4 is 63.1 Å². The van der Waals surface area contributed by atoms with Crippen LogP contribution in [-0.4, -0.2) is 61.5 Å². The molecule has 0 aromatic heterocycles. The summed E-state index contributed by atoms with van der Waals surface area (Å²) in [6.07, 6.45) is -0.870. The van der Waals surface area contributed by atoms with E-state index in [2.05, 4.69) is 33.4 Å². The maximum Gasteiger partial charge on any atom is 0.277 e. The smallest absolute Gasteiger partial charge is 0.277 e. The Balaban J connectivity index is 1.69. The fourth-order valence-corrected chi connectivity index (χ4v) is 4.11. The molecule has 0 spiro atoms. The lowest BCUT2D eigenvalue weighted by Gasteiger charge is -2.28. The van der Waals surface area contributed by atoms with Crippen molar-refractivity contribution in [3.8, 4) is 0 Å². The van der Waals surface area contributed by atoms with E-state index in [4.69, 9.17) is 32.8 Å². The second-order valence-corrected chi connectivity index (χ2v) is 9.03. The lowest BCUT2D eigenvalue weighted by atomic mass is 10.1. The minimum Gasteiger partial charge on any atom is -0.389 e. The molecule has 7 nitrogen and oxygen atoms in total. The van der Waals surface area contributed by atoms with Gasteiger partial charge in [-0.1, -0.05) is 23.2 Å². The number of nitrogens with zero attached hydrogens (tertiary/aromatic N) is 1. The molecule has 1 heterocycles. The Kier molecular flexibility index (Phi) is 9.29. The number of carbonyl (C=O) groups excluding carboxylic acids is 1. The van der Waals surface area contributed by atoms with Crippen LogP contribution < -0.4 is 10.8 Å². The first-order valence-electron chi connectivity index (χ1n) is 9.56. The number of rotatable bonds is 8. The predicted octanol–water partition coefficient (Wildman–Crippen LogP) is 3.97. The second kappa shape index (κ2) is 11.7. The molecule has 1 aliphatic heterocycles. The Hall–Kier alpha value is -1.28. The summed E-state index contributed by atoms with van der Waals surface area (Å²) in [6, 6.07) is 5.87. The van der Waals surface area contributed by atoms with Gasteiger partial charge in [0, 0.05) is 23.2 Å². The maximum atomic E-state index is 14.6. The third kappa shape index (κ3) is 6.62. The summed E-state index contributed by atoms with van der Waals surface area (Å²) in [5, 5.41) is 12.4. The van der Waals surface area contributed by atoms with Crippen LogP contribution in [0.4, 0.5) is 20.2 Å². The minimum atomic E-state index is -1.34. The van der Waals surface area contributed by atoms with E-state index in [0.29, 0.717) is 32.8 Å². The van der Waals surface area contributed by atoms with Gasteiger partial charge in [-0.2, -0.15) is 0 Å². The van der Waals surface area contributed by atoms with Gasteiger partial charge in [0.15, 0.2) is 11.6 Å². The summed E-state index contributed by atoms with van der Waals surface area (Å²) in [4.78, 5) is 19.7. The summed E-state index contributed by atoms with van der Waals surface area (Å²) >= 11 is 13.9. The zero-order chi connectivity index (χ0) is 23.3. The monoisotopic (exact) mass is 601 g/mol. The SMILES string of the molecule is O=C(NOCC(O)CN1CCOCC1)c1cc(Cl)c(F)c(F)c1Nc1ccc(I)cc1Cl. The molecule has 1 aliphatic rings. The van der Waals surface area contributed by atoms with Crippen LogP contribution in [0.5, 0.6) is 0 Å². The zero-order valence-corrected chi connectivity index (χ0v) is 20.3. The van der Waals surface area contributed by atoms with Gasteiger partial charge in [0.25, 0.3) is 5.91 Å². The number of aliphatic hydroxyl groups excluding tert-OH is 1. The number of halogens is 5. The quantitative estimate of drug-likeness (QED) is 0.241. The number of hydroxylamine groups is 1. The lowest BCUT2D eigenvalue weighted by molar-refractivity contribution is -0.0362.